The Bertz CT molecular complexity index is 1260. The van der Waals surface area contributed by atoms with Crippen molar-refractivity contribution in [3.8, 4) is 5.69 Å². The van der Waals surface area contributed by atoms with E-state index in [1.807, 2.05) is 57.4 Å². The summed E-state index contributed by atoms with van der Waals surface area (Å²) in [4.78, 5) is 12.9. The Morgan fingerprint density at radius 1 is 1.06 bits per heavy atom. The molecule has 4 rings (SSSR count). The molecule has 2 aromatic carbocycles. The molecule has 0 radical (unpaired) electrons. The Hall–Kier alpha value is -2.95. The number of fused-ring (bicyclic) bond motifs is 2. The van der Waals surface area contributed by atoms with Gasteiger partial charge in [0.15, 0.2) is 0 Å². The van der Waals surface area contributed by atoms with Crippen LogP contribution in [0.3, 0.4) is 0 Å². The SMILES string of the molecule is CC.Cc1c(C(C)C)n(-c2ccccc2F)c2cc3cnn(C(=O)C(C)(C)C)c3cc12. The second-order valence-electron chi connectivity index (χ2n) is 8.99. The Kier molecular flexibility index (Phi) is 6.08. The summed E-state index contributed by atoms with van der Waals surface area (Å²) in [6, 6.07) is 10.9. The van der Waals surface area contributed by atoms with Gasteiger partial charge in [-0.1, -0.05) is 60.6 Å². The van der Waals surface area contributed by atoms with E-state index in [1.54, 1.807) is 18.3 Å². The number of aryl methyl sites for hydroxylation is 1. The lowest BCUT2D eigenvalue weighted by Gasteiger charge is -2.16. The smallest absolute Gasteiger partial charge is 0.252 e. The van der Waals surface area contributed by atoms with Crippen molar-refractivity contribution in [3.05, 3.63) is 59.7 Å². The normalized spacial score (nSPS) is 11.8. The standard InChI is InChI=1S/C24H26FN3O.C2H6/c1-14(2)22-15(3)17-12-20-16(13-26-28(20)23(29)24(4,5)6)11-21(17)27(22)19-10-8-7-9-18(19)25;1-2/h7-14H,1-6H3;1-2H3. The van der Waals surface area contributed by atoms with Gasteiger partial charge >= 0.3 is 0 Å². The maximum Gasteiger partial charge on any atom is 0.252 e. The van der Waals surface area contributed by atoms with E-state index >= 15 is 0 Å². The third-order valence-electron chi connectivity index (χ3n) is 5.43. The van der Waals surface area contributed by atoms with Gasteiger partial charge in [0.25, 0.3) is 5.91 Å². The molecule has 0 amide bonds. The van der Waals surface area contributed by atoms with E-state index in [4.69, 9.17) is 0 Å². The van der Waals surface area contributed by atoms with Gasteiger partial charge in [0.05, 0.1) is 22.9 Å². The number of rotatable bonds is 2. The first-order valence-electron chi connectivity index (χ1n) is 10.9. The molecule has 164 valence electrons. The second kappa shape index (κ2) is 8.29. The van der Waals surface area contributed by atoms with Gasteiger partial charge in [-0.2, -0.15) is 9.78 Å². The highest BCUT2D eigenvalue weighted by atomic mass is 19.1. The van der Waals surface area contributed by atoms with Crippen LogP contribution in [0.1, 0.15) is 70.4 Å². The van der Waals surface area contributed by atoms with Gasteiger partial charge in [-0.25, -0.2) is 4.39 Å². The number of carbonyl (C=O) groups is 1. The largest absolute Gasteiger partial charge is 0.310 e. The number of para-hydroxylation sites is 1. The summed E-state index contributed by atoms with van der Waals surface area (Å²) in [6.45, 7) is 16.0. The summed E-state index contributed by atoms with van der Waals surface area (Å²) in [5, 5.41) is 6.22. The minimum atomic E-state index is -0.537. The Morgan fingerprint density at radius 3 is 2.29 bits per heavy atom. The van der Waals surface area contributed by atoms with Crippen molar-refractivity contribution in [1.82, 2.24) is 14.3 Å². The van der Waals surface area contributed by atoms with Crippen LogP contribution in [0.5, 0.6) is 0 Å². The number of hydrogen-bond donors (Lipinski definition) is 0. The van der Waals surface area contributed by atoms with Crippen LogP contribution < -0.4 is 0 Å². The highest BCUT2D eigenvalue weighted by Gasteiger charge is 2.26. The van der Waals surface area contributed by atoms with Crippen LogP contribution in [0.25, 0.3) is 27.5 Å². The quantitative estimate of drug-likeness (QED) is 0.341. The third-order valence-corrected chi connectivity index (χ3v) is 5.43. The fraction of sp³-hybridized carbons (Fsp3) is 0.385. The van der Waals surface area contributed by atoms with Crippen LogP contribution in [0.4, 0.5) is 4.39 Å². The molecule has 31 heavy (non-hydrogen) atoms. The summed E-state index contributed by atoms with van der Waals surface area (Å²) >= 11 is 0. The average Bonchev–Trinajstić information content (AvgIpc) is 3.26. The minimum Gasteiger partial charge on any atom is -0.310 e. The summed E-state index contributed by atoms with van der Waals surface area (Å²) < 4.78 is 18.2. The highest BCUT2D eigenvalue weighted by Crippen LogP contribution is 2.36. The predicted molar refractivity (Wildman–Crippen MR) is 127 cm³/mol. The first kappa shape index (κ1) is 22.7. The molecule has 0 aliphatic carbocycles. The summed E-state index contributed by atoms with van der Waals surface area (Å²) in [7, 11) is 0. The molecule has 0 saturated heterocycles. The van der Waals surface area contributed by atoms with Crippen molar-refractivity contribution in [1.29, 1.82) is 0 Å². The zero-order valence-corrected chi connectivity index (χ0v) is 19.7. The van der Waals surface area contributed by atoms with E-state index in [0.717, 1.165) is 33.1 Å². The molecule has 5 heteroatoms. The molecule has 4 nitrogen and oxygen atoms in total. The zero-order valence-electron chi connectivity index (χ0n) is 19.7. The number of halogens is 1. The molecule has 0 unspecified atom stereocenters. The Labute approximate surface area is 183 Å². The molecule has 0 saturated carbocycles. The van der Waals surface area contributed by atoms with Crippen LogP contribution in [0, 0.1) is 18.2 Å². The van der Waals surface area contributed by atoms with E-state index in [-0.39, 0.29) is 17.6 Å². The topological polar surface area (TPSA) is 39.8 Å². The number of nitrogens with zero attached hydrogens (tertiary/aromatic N) is 3. The maximum absolute atomic E-state index is 14.7. The predicted octanol–water partition coefficient (Wildman–Crippen LogP) is 7.26. The third kappa shape index (κ3) is 3.78. The van der Waals surface area contributed by atoms with Crippen molar-refractivity contribution in [3.63, 3.8) is 0 Å². The summed E-state index contributed by atoms with van der Waals surface area (Å²) in [5.41, 5.74) is 3.86. The van der Waals surface area contributed by atoms with Gasteiger partial charge in [-0.05, 0) is 42.7 Å². The van der Waals surface area contributed by atoms with Gasteiger partial charge in [-0.15, -0.1) is 0 Å². The summed E-state index contributed by atoms with van der Waals surface area (Å²) in [5.74, 6) is -0.107. The van der Waals surface area contributed by atoms with Crippen LogP contribution >= 0.6 is 0 Å². The molecular weight excluding hydrogens is 389 g/mol. The van der Waals surface area contributed by atoms with E-state index in [1.165, 1.54) is 10.7 Å². The average molecular weight is 422 g/mol. The lowest BCUT2D eigenvalue weighted by atomic mass is 9.95. The van der Waals surface area contributed by atoms with E-state index in [9.17, 15) is 9.18 Å². The van der Waals surface area contributed by atoms with Gasteiger partial charge in [0.1, 0.15) is 5.82 Å². The van der Waals surface area contributed by atoms with Crippen molar-refractivity contribution < 1.29 is 9.18 Å². The van der Waals surface area contributed by atoms with Crippen LogP contribution in [0.15, 0.2) is 42.6 Å². The highest BCUT2D eigenvalue weighted by molar-refractivity contribution is 6.02. The first-order valence-corrected chi connectivity index (χ1v) is 10.9. The minimum absolute atomic E-state index is 0.0536. The van der Waals surface area contributed by atoms with Gasteiger partial charge in [0.2, 0.25) is 0 Å². The van der Waals surface area contributed by atoms with Gasteiger partial charge in [0, 0.05) is 21.9 Å². The number of carbonyl (C=O) groups excluding carboxylic acids is 1. The summed E-state index contributed by atoms with van der Waals surface area (Å²) in [6.07, 6.45) is 1.71. The van der Waals surface area contributed by atoms with Crippen LogP contribution in [-0.2, 0) is 0 Å². The fourth-order valence-electron chi connectivity index (χ4n) is 4.05. The maximum atomic E-state index is 14.7. The fourth-order valence-corrected chi connectivity index (χ4v) is 4.05. The zero-order chi connectivity index (χ0) is 23.1. The molecule has 0 bridgehead atoms. The first-order chi connectivity index (χ1) is 14.6. The lowest BCUT2D eigenvalue weighted by Crippen LogP contribution is -2.27. The molecule has 4 aromatic rings. The number of hydrogen-bond acceptors (Lipinski definition) is 2. The van der Waals surface area contributed by atoms with Crippen molar-refractivity contribution in [2.75, 3.05) is 0 Å². The van der Waals surface area contributed by atoms with Crippen molar-refractivity contribution >= 4 is 27.7 Å². The lowest BCUT2D eigenvalue weighted by molar-refractivity contribution is 0.0755. The Balaban J connectivity index is 0.00000132. The molecular formula is C26H32FN3O. The molecule has 2 heterocycles. The second-order valence-corrected chi connectivity index (χ2v) is 8.99. The van der Waals surface area contributed by atoms with E-state index in [2.05, 4.69) is 25.9 Å². The van der Waals surface area contributed by atoms with Crippen molar-refractivity contribution in [2.45, 2.75) is 61.3 Å². The van der Waals surface area contributed by atoms with E-state index in [0.29, 0.717) is 5.69 Å². The Morgan fingerprint density at radius 2 is 1.71 bits per heavy atom. The van der Waals surface area contributed by atoms with Gasteiger partial charge < -0.3 is 4.57 Å². The molecule has 0 aliphatic heterocycles. The molecule has 2 aromatic heterocycles. The van der Waals surface area contributed by atoms with Crippen LogP contribution in [-0.4, -0.2) is 20.3 Å². The molecule has 0 spiro atoms. The molecule has 0 atom stereocenters. The number of benzene rings is 2. The van der Waals surface area contributed by atoms with Gasteiger partial charge in [-0.3, -0.25) is 4.79 Å². The molecule has 0 aliphatic rings. The van der Waals surface area contributed by atoms with Crippen molar-refractivity contribution in [2.24, 2.45) is 5.41 Å². The monoisotopic (exact) mass is 421 g/mol. The molecule has 0 fully saturated rings. The molecule has 0 N–H and O–H groups in total. The number of aromatic nitrogens is 3. The van der Waals surface area contributed by atoms with Crippen LogP contribution in [0.2, 0.25) is 0 Å². The van der Waals surface area contributed by atoms with E-state index < -0.39 is 5.41 Å².